The quantitative estimate of drug-likeness (QED) is 0.738. The zero-order valence-electron chi connectivity index (χ0n) is 12.5. The van der Waals surface area contributed by atoms with Crippen LogP contribution in [-0.4, -0.2) is 15.7 Å². The molecule has 0 spiro atoms. The number of carbonyl (C=O) groups excluding carboxylic acids is 1. The number of carbonyl (C=O) groups is 1. The van der Waals surface area contributed by atoms with Crippen molar-refractivity contribution in [2.75, 3.05) is 5.32 Å². The molecule has 0 aliphatic carbocycles. The predicted octanol–water partition coefficient (Wildman–Crippen LogP) is 4.49. The molecular weight excluding hydrogens is 356 g/mol. The standard InChI is InChI=1S/C16H12ClF2N3OS/c1-9-7-20-22(8-10-6-11(18)2-3-12(10)19)15(9)21-16(23)13-4-5-14(17)24-13/h2-7H,8H2,1H3,(H,21,23). The molecule has 0 radical (unpaired) electrons. The van der Waals surface area contributed by atoms with Crippen LogP contribution >= 0.6 is 22.9 Å². The van der Waals surface area contributed by atoms with Crippen LogP contribution in [0.4, 0.5) is 14.6 Å². The maximum Gasteiger partial charge on any atom is 0.266 e. The fourth-order valence-corrected chi connectivity index (χ4v) is 3.13. The van der Waals surface area contributed by atoms with E-state index in [0.29, 0.717) is 20.6 Å². The summed E-state index contributed by atoms with van der Waals surface area (Å²) in [6.45, 7) is 1.76. The van der Waals surface area contributed by atoms with Gasteiger partial charge < -0.3 is 5.32 Å². The van der Waals surface area contributed by atoms with Crippen LogP contribution < -0.4 is 5.32 Å². The van der Waals surface area contributed by atoms with E-state index in [-0.39, 0.29) is 18.0 Å². The molecule has 3 rings (SSSR count). The molecule has 0 saturated heterocycles. The minimum Gasteiger partial charge on any atom is -0.306 e. The molecule has 0 aliphatic heterocycles. The molecule has 2 heterocycles. The molecule has 1 N–H and O–H groups in total. The Bertz CT molecular complexity index is 907. The molecule has 8 heteroatoms. The summed E-state index contributed by atoms with van der Waals surface area (Å²) in [5.74, 6) is -0.981. The van der Waals surface area contributed by atoms with E-state index >= 15 is 0 Å². The van der Waals surface area contributed by atoms with Crippen LogP contribution in [0.2, 0.25) is 4.34 Å². The first-order valence-corrected chi connectivity index (χ1v) is 8.16. The maximum atomic E-state index is 13.8. The Kier molecular flexibility index (Phi) is 4.64. The fourth-order valence-electron chi connectivity index (χ4n) is 2.19. The van der Waals surface area contributed by atoms with Gasteiger partial charge in [-0.1, -0.05) is 11.6 Å². The van der Waals surface area contributed by atoms with Crippen LogP contribution in [0, 0.1) is 18.6 Å². The average Bonchev–Trinajstić information content (AvgIpc) is 3.11. The van der Waals surface area contributed by atoms with Crippen LogP contribution in [-0.2, 0) is 6.54 Å². The number of nitrogens with zero attached hydrogens (tertiary/aromatic N) is 2. The summed E-state index contributed by atoms with van der Waals surface area (Å²) < 4.78 is 29.1. The number of thiophene rings is 1. The molecule has 1 amide bonds. The van der Waals surface area contributed by atoms with Gasteiger partial charge in [0.05, 0.1) is 22.0 Å². The Morgan fingerprint density at radius 1 is 1.33 bits per heavy atom. The Labute approximate surface area is 145 Å². The van der Waals surface area contributed by atoms with Crippen LogP contribution in [0.1, 0.15) is 20.8 Å². The Balaban J connectivity index is 1.86. The molecule has 124 valence electrons. The van der Waals surface area contributed by atoms with Crippen molar-refractivity contribution in [2.45, 2.75) is 13.5 Å². The van der Waals surface area contributed by atoms with Gasteiger partial charge in [0, 0.05) is 11.1 Å². The van der Waals surface area contributed by atoms with Crippen molar-refractivity contribution < 1.29 is 13.6 Å². The fraction of sp³-hybridized carbons (Fsp3) is 0.125. The average molecular weight is 368 g/mol. The van der Waals surface area contributed by atoms with Crippen LogP contribution in [0.5, 0.6) is 0 Å². The van der Waals surface area contributed by atoms with Crippen molar-refractivity contribution in [1.82, 2.24) is 9.78 Å². The molecule has 0 bridgehead atoms. The van der Waals surface area contributed by atoms with E-state index in [2.05, 4.69) is 10.4 Å². The van der Waals surface area contributed by atoms with Gasteiger partial charge in [0.15, 0.2) is 0 Å². The van der Waals surface area contributed by atoms with Gasteiger partial charge >= 0.3 is 0 Å². The summed E-state index contributed by atoms with van der Waals surface area (Å²) in [5, 5.41) is 6.86. The third kappa shape index (κ3) is 3.47. The van der Waals surface area contributed by atoms with Crippen LogP contribution in [0.15, 0.2) is 36.5 Å². The molecule has 24 heavy (non-hydrogen) atoms. The summed E-state index contributed by atoms with van der Waals surface area (Å²) in [4.78, 5) is 12.7. The van der Waals surface area contributed by atoms with Gasteiger partial charge in [-0.2, -0.15) is 5.10 Å². The van der Waals surface area contributed by atoms with E-state index in [1.165, 1.54) is 4.68 Å². The Hall–Kier alpha value is -2.25. The molecule has 0 fully saturated rings. The molecule has 4 nitrogen and oxygen atoms in total. The van der Waals surface area contributed by atoms with Crippen molar-refractivity contribution in [3.63, 3.8) is 0 Å². The summed E-state index contributed by atoms with van der Waals surface area (Å²) in [7, 11) is 0. The van der Waals surface area contributed by atoms with E-state index in [9.17, 15) is 13.6 Å². The van der Waals surface area contributed by atoms with Gasteiger partial charge in [0.2, 0.25) is 0 Å². The molecule has 3 aromatic rings. The van der Waals surface area contributed by atoms with Gasteiger partial charge in [-0.15, -0.1) is 11.3 Å². The smallest absolute Gasteiger partial charge is 0.266 e. The first-order valence-electron chi connectivity index (χ1n) is 6.97. The van der Waals surface area contributed by atoms with E-state index in [1.807, 2.05) is 0 Å². The molecule has 0 unspecified atom stereocenters. The summed E-state index contributed by atoms with van der Waals surface area (Å²) in [6.07, 6.45) is 1.55. The van der Waals surface area contributed by atoms with Crippen molar-refractivity contribution in [2.24, 2.45) is 0 Å². The third-order valence-electron chi connectivity index (χ3n) is 3.38. The second-order valence-corrected chi connectivity index (χ2v) is 6.84. The predicted molar refractivity (Wildman–Crippen MR) is 89.7 cm³/mol. The first-order chi connectivity index (χ1) is 11.4. The minimum atomic E-state index is -0.535. The second-order valence-electron chi connectivity index (χ2n) is 5.13. The van der Waals surface area contributed by atoms with Gasteiger partial charge in [0.25, 0.3) is 5.91 Å². The zero-order chi connectivity index (χ0) is 17.3. The number of nitrogens with one attached hydrogen (secondary N) is 1. The molecule has 0 atom stereocenters. The number of amides is 1. The van der Waals surface area contributed by atoms with Crippen molar-refractivity contribution in [3.8, 4) is 0 Å². The van der Waals surface area contributed by atoms with E-state index in [4.69, 9.17) is 11.6 Å². The topological polar surface area (TPSA) is 46.9 Å². The summed E-state index contributed by atoms with van der Waals surface area (Å²) >= 11 is 6.98. The number of benzene rings is 1. The highest BCUT2D eigenvalue weighted by Gasteiger charge is 2.16. The second kappa shape index (κ2) is 6.70. The minimum absolute atomic E-state index is 0.00174. The summed E-state index contributed by atoms with van der Waals surface area (Å²) in [5.41, 5.74) is 0.857. The van der Waals surface area contributed by atoms with Crippen molar-refractivity contribution in [1.29, 1.82) is 0 Å². The van der Waals surface area contributed by atoms with Gasteiger partial charge in [-0.05, 0) is 37.3 Å². The highest BCUT2D eigenvalue weighted by Crippen LogP contribution is 2.24. The van der Waals surface area contributed by atoms with Crippen LogP contribution in [0.25, 0.3) is 0 Å². The number of aromatic nitrogens is 2. The lowest BCUT2D eigenvalue weighted by molar-refractivity contribution is 0.102. The normalized spacial score (nSPS) is 10.8. The lowest BCUT2D eigenvalue weighted by Gasteiger charge is -2.10. The van der Waals surface area contributed by atoms with Gasteiger partial charge in [0.1, 0.15) is 17.5 Å². The lowest BCUT2D eigenvalue weighted by Crippen LogP contribution is -2.16. The molecular formula is C16H12ClF2N3OS. The number of hydrogen-bond acceptors (Lipinski definition) is 3. The van der Waals surface area contributed by atoms with Gasteiger partial charge in [-0.3, -0.25) is 4.79 Å². The first kappa shape index (κ1) is 16.6. The molecule has 0 aliphatic rings. The number of halogens is 3. The molecule has 0 saturated carbocycles. The Morgan fingerprint density at radius 3 is 2.83 bits per heavy atom. The van der Waals surface area contributed by atoms with Crippen molar-refractivity contribution >= 4 is 34.7 Å². The zero-order valence-corrected chi connectivity index (χ0v) is 14.1. The highest BCUT2D eigenvalue weighted by atomic mass is 35.5. The number of aryl methyl sites for hydroxylation is 1. The third-order valence-corrected chi connectivity index (χ3v) is 4.61. The maximum absolute atomic E-state index is 13.8. The lowest BCUT2D eigenvalue weighted by atomic mass is 10.2. The highest BCUT2D eigenvalue weighted by molar-refractivity contribution is 7.18. The van der Waals surface area contributed by atoms with E-state index in [1.54, 1.807) is 25.3 Å². The SMILES string of the molecule is Cc1cnn(Cc2cc(F)ccc2F)c1NC(=O)c1ccc(Cl)s1. The number of hydrogen-bond donors (Lipinski definition) is 1. The summed E-state index contributed by atoms with van der Waals surface area (Å²) in [6, 6.07) is 6.47. The Morgan fingerprint density at radius 2 is 2.12 bits per heavy atom. The number of anilines is 1. The molecule has 2 aromatic heterocycles. The largest absolute Gasteiger partial charge is 0.306 e. The monoisotopic (exact) mass is 367 g/mol. The van der Waals surface area contributed by atoms with E-state index < -0.39 is 11.6 Å². The molecule has 1 aromatic carbocycles. The number of rotatable bonds is 4. The van der Waals surface area contributed by atoms with Gasteiger partial charge in [-0.25, -0.2) is 13.5 Å². The van der Waals surface area contributed by atoms with Crippen LogP contribution in [0.3, 0.4) is 0 Å². The van der Waals surface area contributed by atoms with Crippen molar-refractivity contribution in [3.05, 3.63) is 68.5 Å². The van der Waals surface area contributed by atoms with E-state index in [0.717, 1.165) is 29.5 Å².